The van der Waals surface area contributed by atoms with Gasteiger partial charge in [-0.3, -0.25) is 9.89 Å². The SMILES string of the molecule is CN[C@@H](CC(=O)O)c1n[nH]c(C)n1. The Morgan fingerprint density at radius 2 is 2.46 bits per heavy atom. The summed E-state index contributed by atoms with van der Waals surface area (Å²) in [6.45, 7) is 1.77. The van der Waals surface area contributed by atoms with E-state index in [0.29, 0.717) is 11.6 Å². The molecule has 6 nitrogen and oxygen atoms in total. The van der Waals surface area contributed by atoms with Gasteiger partial charge in [0.05, 0.1) is 12.5 Å². The minimum absolute atomic E-state index is 0.0200. The summed E-state index contributed by atoms with van der Waals surface area (Å²) in [4.78, 5) is 14.5. The lowest BCUT2D eigenvalue weighted by molar-refractivity contribution is -0.137. The third kappa shape index (κ3) is 2.51. The second-order valence-electron chi connectivity index (χ2n) is 2.72. The highest BCUT2D eigenvalue weighted by atomic mass is 16.4. The summed E-state index contributed by atoms with van der Waals surface area (Å²) in [5.41, 5.74) is 0. The van der Waals surface area contributed by atoms with Crippen molar-refractivity contribution >= 4 is 5.97 Å². The molecule has 0 saturated heterocycles. The summed E-state index contributed by atoms with van der Waals surface area (Å²) in [6, 6.07) is -0.331. The number of hydrogen-bond acceptors (Lipinski definition) is 4. The summed E-state index contributed by atoms with van der Waals surface area (Å²) in [7, 11) is 1.68. The van der Waals surface area contributed by atoms with E-state index in [-0.39, 0.29) is 12.5 Å². The van der Waals surface area contributed by atoms with Crippen LogP contribution in [-0.2, 0) is 4.79 Å². The maximum absolute atomic E-state index is 10.4. The molecule has 0 radical (unpaired) electrons. The molecule has 1 heterocycles. The van der Waals surface area contributed by atoms with Crippen LogP contribution in [0, 0.1) is 6.92 Å². The van der Waals surface area contributed by atoms with Crippen molar-refractivity contribution in [3.8, 4) is 0 Å². The highest BCUT2D eigenvalue weighted by Crippen LogP contribution is 2.10. The molecule has 1 rings (SSSR count). The Labute approximate surface area is 75.4 Å². The number of aryl methyl sites for hydroxylation is 1. The maximum atomic E-state index is 10.4. The van der Waals surface area contributed by atoms with E-state index in [1.807, 2.05) is 0 Å². The van der Waals surface area contributed by atoms with Crippen molar-refractivity contribution in [3.63, 3.8) is 0 Å². The number of H-pyrrole nitrogens is 1. The van der Waals surface area contributed by atoms with Crippen LogP contribution < -0.4 is 5.32 Å². The fourth-order valence-electron chi connectivity index (χ4n) is 1.01. The molecular formula is C7H12N4O2. The van der Waals surface area contributed by atoms with Gasteiger partial charge in [-0.2, -0.15) is 5.10 Å². The zero-order valence-electron chi connectivity index (χ0n) is 7.53. The molecule has 0 unspecified atom stereocenters. The largest absolute Gasteiger partial charge is 0.481 e. The van der Waals surface area contributed by atoms with Crippen LogP contribution in [0.1, 0.15) is 24.1 Å². The summed E-state index contributed by atoms with van der Waals surface area (Å²) in [5, 5.41) is 18.0. The van der Waals surface area contributed by atoms with E-state index in [2.05, 4.69) is 20.5 Å². The Morgan fingerprint density at radius 1 is 1.77 bits per heavy atom. The lowest BCUT2D eigenvalue weighted by atomic mass is 10.2. The monoisotopic (exact) mass is 184 g/mol. The smallest absolute Gasteiger partial charge is 0.305 e. The van der Waals surface area contributed by atoms with Crippen molar-refractivity contribution in [2.24, 2.45) is 0 Å². The molecule has 0 fully saturated rings. The first-order valence-electron chi connectivity index (χ1n) is 3.91. The number of carboxylic acid groups (broad SMARTS) is 1. The van der Waals surface area contributed by atoms with Crippen molar-refractivity contribution in [1.82, 2.24) is 20.5 Å². The molecule has 0 spiro atoms. The van der Waals surface area contributed by atoms with E-state index in [1.54, 1.807) is 14.0 Å². The molecule has 0 amide bonds. The van der Waals surface area contributed by atoms with E-state index in [9.17, 15) is 4.79 Å². The van der Waals surface area contributed by atoms with E-state index in [4.69, 9.17) is 5.11 Å². The van der Waals surface area contributed by atoms with Gasteiger partial charge < -0.3 is 10.4 Å². The molecule has 1 aromatic rings. The van der Waals surface area contributed by atoms with Crippen LogP contribution in [0.25, 0.3) is 0 Å². The van der Waals surface area contributed by atoms with Gasteiger partial charge in [0.15, 0.2) is 5.82 Å². The number of nitrogens with zero attached hydrogens (tertiary/aromatic N) is 2. The topological polar surface area (TPSA) is 90.9 Å². The van der Waals surface area contributed by atoms with Gasteiger partial charge in [0.1, 0.15) is 5.82 Å². The lowest BCUT2D eigenvalue weighted by Crippen LogP contribution is -2.21. The third-order valence-electron chi connectivity index (χ3n) is 1.65. The Kier molecular flexibility index (Phi) is 2.97. The predicted molar refractivity (Wildman–Crippen MR) is 45.2 cm³/mol. The van der Waals surface area contributed by atoms with Gasteiger partial charge in [-0.05, 0) is 14.0 Å². The van der Waals surface area contributed by atoms with Gasteiger partial charge >= 0.3 is 5.97 Å². The quantitative estimate of drug-likeness (QED) is 0.605. The van der Waals surface area contributed by atoms with Crippen LogP contribution >= 0.6 is 0 Å². The molecule has 13 heavy (non-hydrogen) atoms. The molecule has 0 bridgehead atoms. The van der Waals surface area contributed by atoms with E-state index in [1.165, 1.54) is 0 Å². The lowest BCUT2D eigenvalue weighted by Gasteiger charge is -2.08. The van der Waals surface area contributed by atoms with Gasteiger partial charge in [-0.25, -0.2) is 4.98 Å². The normalized spacial score (nSPS) is 12.8. The molecule has 0 aromatic carbocycles. The van der Waals surface area contributed by atoms with E-state index in [0.717, 1.165) is 0 Å². The Morgan fingerprint density at radius 3 is 2.85 bits per heavy atom. The van der Waals surface area contributed by atoms with Crippen LogP contribution in [0.4, 0.5) is 0 Å². The predicted octanol–water partition coefficient (Wildman–Crippen LogP) is -0.152. The van der Waals surface area contributed by atoms with Crippen LogP contribution in [0.15, 0.2) is 0 Å². The Balaban J connectivity index is 2.72. The van der Waals surface area contributed by atoms with Crippen LogP contribution in [0.5, 0.6) is 0 Å². The maximum Gasteiger partial charge on any atom is 0.305 e. The standard InChI is InChI=1S/C7H12N4O2/c1-4-9-7(11-10-4)5(8-2)3-6(12)13/h5,8H,3H2,1-2H3,(H,12,13)(H,9,10,11)/t5-/m0/s1. The van der Waals surface area contributed by atoms with Gasteiger partial charge in [0.25, 0.3) is 0 Å². The van der Waals surface area contributed by atoms with Crippen molar-refractivity contribution in [2.45, 2.75) is 19.4 Å². The fraction of sp³-hybridized carbons (Fsp3) is 0.571. The average molecular weight is 184 g/mol. The van der Waals surface area contributed by atoms with Crippen LogP contribution in [0.3, 0.4) is 0 Å². The number of aliphatic carboxylic acids is 1. The van der Waals surface area contributed by atoms with Crippen LogP contribution in [-0.4, -0.2) is 33.3 Å². The van der Waals surface area contributed by atoms with Gasteiger partial charge in [0, 0.05) is 0 Å². The number of hydrogen-bond donors (Lipinski definition) is 3. The number of nitrogens with one attached hydrogen (secondary N) is 2. The summed E-state index contributed by atoms with van der Waals surface area (Å²) < 4.78 is 0. The highest BCUT2D eigenvalue weighted by Gasteiger charge is 2.17. The average Bonchev–Trinajstić information content (AvgIpc) is 2.47. The van der Waals surface area contributed by atoms with Gasteiger partial charge in [-0.15, -0.1) is 0 Å². The fourth-order valence-corrected chi connectivity index (χ4v) is 1.01. The van der Waals surface area contributed by atoms with Crippen molar-refractivity contribution in [3.05, 3.63) is 11.6 Å². The summed E-state index contributed by atoms with van der Waals surface area (Å²) >= 11 is 0. The van der Waals surface area contributed by atoms with Crippen molar-refractivity contribution in [1.29, 1.82) is 0 Å². The first kappa shape index (κ1) is 9.66. The van der Waals surface area contributed by atoms with Gasteiger partial charge in [-0.1, -0.05) is 0 Å². The minimum Gasteiger partial charge on any atom is -0.481 e. The number of carboxylic acids is 1. The number of carbonyl (C=O) groups is 1. The first-order valence-corrected chi connectivity index (χ1v) is 3.91. The molecule has 3 N–H and O–H groups in total. The zero-order valence-corrected chi connectivity index (χ0v) is 7.53. The molecule has 0 aliphatic carbocycles. The molecule has 1 aromatic heterocycles. The minimum atomic E-state index is -0.873. The summed E-state index contributed by atoms with van der Waals surface area (Å²) in [6.07, 6.45) is -0.0200. The molecule has 1 atom stereocenters. The molecular weight excluding hydrogens is 172 g/mol. The van der Waals surface area contributed by atoms with Gasteiger partial charge in [0.2, 0.25) is 0 Å². The Bertz CT molecular complexity index is 296. The van der Waals surface area contributed by atoms with Crippen molar-refractivity contribution < 1.29 is 9.90 Å². The second kappa shape index (κ2) is 3.99. The van der Waals surface area contributed by atoms with Crippen molar-refractivity contribution in [2.75, 3.05) is 7.05 Å². The number of rotatable bonds is 4. The molecule has 0 aliphatic heterocycles. The third-order valence-corrected chi connectivity index (χ3v) is 1.65. The number of aromatic nitrogens is 3. The zero-order chi connectivity index (χ0) is 9.84. The van der Waals surface area contributed by atoms with E-state index < -0.39 is 5.97 Å². The second-order valence-corrected chi connectivity index (χ2v) is 2.72. The number of aromatic amines is 1. The summed E-state index contributed by atoms with van der Waals surface area (Å²) in [5.74, 6) is 0.296. The molecule has 6 heteroatoms. The Hall–Kier alpha value is -1.43. The molecule has 0 saturated carbocycles. The highest BCUT2D eigenvalue weighted by molar-refractivity contribution is 5.67. The van der Waals surface area contributed by atoms with Crippen LogP contribution in [0.2, 0.25) is 0 Å². The molecule has 0 aliphatic rings. The van der Waals surface area contributed by atoms with E-state index >= 15 is 0 Å². The molecule has 72 valence electrons. The first-order chi connectivity index (χ1) is 6.13.